The minimum Gasteiger partial charge on any atom is -0.394 e. The maximum Gasteiger partial charge on any atom is 0.187 e. The van der Waals surface area contributed by atoms with Crippen LogP contribution in [0.1, 0.15) is 74.7 Å². The first kappa shape index (κ1) is 48.5. The van der Waals surface area contributed by atoms with Crippen LogP contribution in [0, 0.1) is 23.7 Å². The number of rotatable bonds is 13. The Kier molecular flexibility index (Phi) is 19.5. The van der Waals surface area contributed by atoms with Crippen LogP contribution < -0.4 is 17.2 Å². The molecule has 3 saturated heterocycles. The molecule has 19 nitrogen and oxygen atoms in total. The number of ether oxygens (including phenoxy) is 6. The SMILES string of the molecule is C.CC(=O)C(N)CCCN=C(N)N.CCC1OC(OC2C(C)CC(C)C(O)C2OC2OC(CO)C(OC3OC(O)C(O)C(O)C3C)C2O)C(C)C(O)C1O. The van der Waals surface area contributed by atoms with Crippen molar-refractivity contribution in [1.82, 2.24) is 0 Å². The molecule has 20 atom stereocenters. The Morgan fingerprint density at radius 1 is 0.741 bits per heavy atom. The van der Waals surface area contributed by atoms with Crippen molar-refractivity contribution in [3.63, 3.8) is 0 Å². The van der Waals surface area contributed by atoms with Gasteiger partial charge in [0.25, 0.3) is 0 Å². The van der Waals surface area contributed by atoms with Crippen LogP contribution in [-0.2, 0) is 33.2 Å². The van der Waals surface area contributed by atoms with E-state index in [0.29, 0.717) is 25.8 Å². The van der Waals surface area contributed by atoms with Gasteiger partial charge in [-0.05, 0) is 44.4 Å². The number of nitrogens with two attached hydrogens (primary N) is 3. The van der Waals surface area contributed by atoms with Gasteiger partial charge >= 0.3 is 0 Å². The van der Waals surface area contributed by atoms with E-state index in [-0.39, 0.29) is 37.0 Å². The van der Waals surface area contributed by atoms with E-state index in [0.717, 1.165) is 6.42 Å². The number of hydrogen-bond donors (Lipinski definition) is 11. The lowest BCUT2D eigenvalue weighted by Gasteiger charge is -2.47. The van der Waals surface area contributed by atoms with E-state index < -0.39 is 111 Å². The number of hydrogen-bond acceptors (Lipinski definition) is 17. The zero-order valence-corrected chi connectivity index (χ0v) is 31.4. The number of carbonyl (C=O) groups is 1. The van der Waals surface area contributed by atoms with Gasteiger partial charge in [-0.25, -0.2) is 0 Å². The molecule has 1 saturated carbocycles. The fourth-order valence-electron chi connectivity index (χ4n) is 7.09. The van der Waals surface area contributed by atoms with Crippen LogP contribution >= 0.6 is 0 Å². The molecule has 0 aromatic heterocycles. The summed E-state index contributed by atoms with van der Waals surface area (Å²) in [5.41, 5.74) is 15.7. The Labute approximate surface area is 317 Å². The molecule has 3 heterocycles. The van der Waals surface area contributed by atoms with Crippen molar-refractivity contribution >= 4 is 11.7 Å². The highest BCUT2D eigenvalue weighted by molar-refractivity contribution is 5.81. The van der Waals surface area contributed by atoms with Crippen molar-refractivity contribution in [2.24, 2.45) is 45.9 Å². The van der Waals surface area contributed by atoms with E-state index in [4.69, 9.17) is 45.6 Å². The van der Waals surface area contributed by atoms with Gasteiger partial charge in [0.05, 0.1) is 43.2 Å². The molecule has 0 aromatic carbocycles. The summed E-state index contributed by atoms with van der Waals surface area (Å²) >= 11 is 0. The van der Waals surface area contributed by atoms with E-state index in [1.807, 2.05) is 20.8 Å². The van der Waals surface area contributed by atoms with Crippen LogP contribution in [0.4, 0.5) is 0 Å². The predicted molar refractivity (Wildman–Crippen MR) is 193 cm³/mol. The number of aliphatic hydroxyl groups is 8. The highest BCUT2D eigenvalue weighted by Gasteiger charge is 2.53. The largest absolute Gasteiger partial charge is 0.394 e. The Bertz CT molecular complexity index is 1150. The van der Waals surface area contributed by atoms with Gasteiger partial charge in [0.1, 0.15) is 42.4 Å². The van der Waals surface area contributed by atoms with Crippen LogP contribution in [-0.4, -0.2) is 164 Å². The first-order valence-corrected chi connectivity index (χ1v) is 18.5. The third kappa shape index (κ3) is 11.9. The number of ketones is 1. The Morgan fingerprint density at radius 2 is 1.28 bits per heavy atom. The van der Waals surface area contributed by atoms with Crippen molar-refractivity contribution in [1.29, 1.82) is 0 Å². The monoisotopic (exact) mass is 784 g/mol. The smallest absolute Gasteiger partial charge is 0.187 e. The molecule has 318 valence electrons. The van der Waals surface area contributed by atoms with Crippen LogP contribution in [0.2, 0.25) is 0 Å². The van der Waals surface area contributed by atoms with E-state index >= 15 is 0 Å². The van der Waals surface area contributed by atoms with Gasteiger partial charge in [-0.3, -0.25) is 9.79 Å². The van der Waals surface area contributed by atoms with Crippen LogP contribution in [0.5, 0.6) is 0 Å². The maximum atomic E-state index is 11.2. The highest BCUT2D eigenvalue weighted by Crippen LogP contribution is 2.39. The van der Waals surface area contributed by atoms with E-state index in [2.05, 4.69) is 4.99 Å². The number of Topliss-reactive ketones (excluding diaryl/α,β-unsaturated/α-hetero) is 1. The second-order valence-corrected chi connectivity index (χ2v) is 14.9. The molecule has 0 radical (unpaired) electrons. The number of carbonyl (C=O) groups excluding carboxylic acids is 1. The molecule has 1 aliphatic carbocycles. The lowest BCUT2D eigenvalue weighted by atomic mass is 9.77. The van der Waals surface area contributed by atoms with Crippen molar-refractivity contribution in [3.8, 4) is 0 Å². The summed E-state index contributed by atoms with van der Waals surface area (Å²) in [7, 11) is 0. The molecule has 3 aliphatic heterocycles. The average molecular weight is 785 g/mol. The van der Waals surface area contributed by atoms with Gasteiger partial charge in [-0.2, -0.15) is 0 Å². The standard InChI is InChI=1S/C27H48O14.C7H16N4O.CH4/c1-6-13-18(32)16(30)11(4)25(36-13)38-21-10(3)7-9(2)15(29)23(21)40-27-20(34)22(14(8-28)37-27)39-26-12(5)17(31)19(33)24(35)41-26;1-5(12)6(8)3-2-4-11-7(9)10;/h9-35H,6-8H2,1-5H3;6H,2-4,8H2,1H3,(H4,9,10,11);1H4. The first-order chi connectivity index (χ1) is 24.8. The quantitative estimate of drug-likeness (QED) is 0.0517. The maximum absolute atomic E-state index is 11.2. The topological polar surface area (TPSA) is 325 Å². The molecule has 0 spiro atoms. The normalized spacial score (nSPS) is 44.3. The van der Waals surface area contributed by atoms with E-state index in [9.17, 15) is 45.6 Å². The summed E-state index contributed by atoms with van der Waals surface area (Å²) in [6.07, 6.45) is -15.0. The zero-order chi connectivity index (χ0) is 39.9. The minimum absolute atomic E-state index is 0. The third-order valence-corrected chi connectivity index (χ3v) is 10.7. The summed E-state index contributed by atoms with van der Waals surface area (Å²) in [6.45, 7) is 10.3. The van der Waals surface area contributed by atoms with Crippen molar-refractivity contribution in [3.05, 3.63) is 0 Å². The number of nitrogens with zero attached hydrogens (tertiary/aromatic N) is 1. The number of guanidine groups is 1. The van der Waals surface area contributed by atoms with E-state index in [1.165, 1.54) is 13.8 Å². The summed E-state index contributed by atoms with van der Waals surface area (Å²) in [5.74, 6) is -1.63. The lowest BCUT2D eigenvalue weighted by Crippen LogP contribution is -2.59. The second-order valence-electron chi connectivity index (χ2n) is 14.9. The molecular weight excluding hydrogens is 716 g/mol. The van der Waals surface area contributed by atoms with Crippen LogP contribution in [0.3, 0.4) is 0 Å². The fraction of sp³-hybridized carbons (Fsp3) is 0.943. The van der Waals surface area contributed by atoms with Crippen molar-refractivity contribution < 1.29 is 74.1 Å². The second kappa shape index (κ2) is 21.8. The van der Waals surface area contributed by atoms with Gasteiger partial charge in [0, 0.05) is 18.4 Å². The predicted octanol–water partition coefficient (Wildman–Crippen LogP) is -2.63. The molecule has 0 amide bonds. The molecule has 4 rings (SSSR count). The molecule has 14 N–H and O–H groups in total. The lowest BCUT2D eigenvalue weighted by molar-refractivity contribution is -0.340. The Balaban J connectivity index is 0.000000669. The molecule has 4 fully saturated rings. The van der Waals surface area contributed by atoms with Gasteiger partial charge < -0.3 is 86.5 Å². The van der Waals surface area contributed by atoms with Crippen molar-refractivity contribution in [2.45, 2.75) is 173 Å². The average Bonchev–Trinajstić information content (AvgIpc) is 3.41. The summed E-state index contributed by atoms with van der Waals surface area (Å²) in [4.78, 5) is 14.4. The zero-order valence-electron chi connectivity index (χ0n) is 31.4. The molecule has 0 bridgehead atoms. The Hall–Kier alpha value is -1.66. The molecule has 4 aliphatic rings. The van der Waals surface area contributed by atoms with Gasteiger partial charge in [-0.15, -0.1) is 0 Å². The molecular formula is C35H68N4O15. The number of aliphatic hydroxyl groups excluding tert-OH is 8. The summed E-state index contributed by atoms with van der Waals surface area (Å²) in [6, 6.07) is -0.376. The van der Waals surface area contributed by atoms with Crippen LogP contribution in [0.15, 0.2) is 4.99 Å². The molecule has 20 unspecified atom stereocenters. The summed E-state index contributed by atoms with van der Waals surface area (Å²) in [5, 5.41) is 83.3. The molecule has 19 heteroatoms. The highest BCUT2D eigenvalue weighted by atomic mass is 16.8. The van der Waals surface area contributed by atoms with Crippen molar-refractivity contribution in [2.75, 3.05) is 13.2 Å². The third-order valence-electron chi connectivity index (χ3n) is 10.7. The fourth-order valence-corrected chi connectivity index (χ4v) is 7.09. The number of aliphatic imine (C=N–C) groups is 1. The minimum atomic E-state index is -1.72. The summed E-state index contributed by atoms with van der Waals surface area (Å²) < 4.78 is 35.4. The first-order valence-electron chi connectivity index (χ1n) is 18.5. The van der Waals surface area contributed by atoms with Gasteiger partial charge in [-0.1, -0.05) is 42.0 Å². The molecule has 54 heavy (non-hydrogen) atoms. The molecule has 0 aromatic rings. The van der Waals surface area contributed by atoms with Crippen LogP contribution in [0.25, 0.3) is 0 Å². The van der Waals surface area contributed by atoms with E-state index in [1.54, 1.807) is 6.92 Å². The Morgan fingerprint density at radius 3 is 1.83 bits per heavy atom. The van der Waals surface area contributed by atoms with Gasteiger partial charge in [0.2, 0.25) is 0 Å². The van der Waals surface area contributed by atoms with Gasteiger partial charge in [0.15, 0.2) is 31.1 Å².